The lowest BCUT2D eigenvalue weighted by Gasteiger charge is -2.40. The van der Waals surface area contributed by atoms with E-state index in [0.29, 0.717) is 12.8 Å². The van der Waals surface area contributed by atoms with Crippen molar-refractivity contribution in [1.82, 2.24) is 5.32 Å². The number of nitrogens with one attached hydrogen (secondary N) is 1. The van der Waals surface area contributed by atoms with Crippen LogP contribution in [-0.2, 0) is 14.3 Å². The number of carbonyl (C=O) groups is 1. The van der Waals surface area contributed by atoms with Gasteiger partial charge in [0, 0.05) is 6.42 Å². The molecule has 1 aliphatic rings. The highest BCUT2D eigenvalue weighted by atomic mass is 16.7. The van der Waals surface area contributed by atoms with Gasteiger partial charge < -0.3 is 40.3 Å². The minimum atomic E-state index is -1.55. The summed E-state index contributed by atoms with van der Waals surface area (Å²) < 4.78 is 11.3. The molecule has 6 N–H and O–H groups in total. The summed E-state index contributed by atoms with van der Waals surface area (Å²) in [6.07, 6.45) is 53.9. The zero-order valence-electron chi connectivity index (χ0n) is 44.9. The van der Waals surface area contributed by atoms with Crippen LogP contribution in [0.4, 0.5) is 0 Å². The molecule has 0 aliphatic carbocycles. The van der Waals surface area contributed by atoms with E-state index in [9.17, 15) is 30.3 Å². The van der Waals surface area contributed by atoms with Crippen LogP contribution < -0.4 is 5.32 Å². The maximum atomic E-state index is 13.1. The van der Waals surface area contributed by atoms with Crippen molar-refractivity contribution < 1.29 is 39.8 Å². The first-order chi connectivity index (χ1) is 33.3. The van der Waals surface area contributed by atoms with Crippen molar-refractivity contribution in [2.75, 3.05) is 13.2 Å². The fraction of sp³-hybridized carbons (Fsp3) is 0.949. The third-order valence-corrected chi connectivity index (χ3v) is 14.6. The van der Waals surface area contributed by atoms with Crippen molar-refractivity contribution >= 4 is 5.91 Å². The Morgan fingerprint density at radius 1 is 0.485 bits per heavy atom. The summed E-state index contributed by atoms with van der Waals surface area (Å²) in [6.45, 7) is 3.88. The molecule has 1 heterocycles. The molecule has 1 amide bonds. The van der Waals surface area contributed by atoms with E-state index in [2.05, 4.69) is 31.3 Å². The number of hydrogen-bond donors (Lipinski definition) is 6. The average molecular weight is 967 g/mol. The topological polar surface area (TPSA) is 149 Å². The number of allylic oxidation sites excluding steroid dienone is 2. The van der Waals surface area contributed by atoms with Gasteiger partial charge in [-0.15, -0.1) is 0 Å². The Balaban J connectivity index is 2.16. The molecule has 0 bridgehead atoms. The largest absolute Gasteiger partial charge is 0.394 e. The summed E-state index contributed by atoms with van der Waals surface area (Å²) in [5, 5.41) is 54.7. The van der Waals surface area contributed by atoms with E-state index in [0.717, 1.165) is 38.5 Å². The highest BCUT2D eigenvalue weighted by molar-refractivity contribution is 5.76. The van der Waals surface area contributed by atoms with Crippen LogP contribution in [0.1, 0.15) is 303 Å². The predicted molar refractivity (Wildman–Crippen MR) is 286 cm³/mol. The van der Waals surface area contributed by atoms with Crippen LogP contribution in [-0.4, -0.2) is 87.5 Å². The highest BCUT2D eigenvalue weighted by Gasteiger charge is 2.44. The average Bonchev–Trinajstić information content (AvgIpc) is 3.34. The zero-order valence-corrected chi connectivity index (χ0v) is 44.9. The minimum absolute atomic E-state index is 0.133. The van der Waals surface area contributed by atoms with Gasteiger partial charge >= 0.3 is 0 Å². The Morgan fingerprint density at radius 3 is 1.19 bits per heavy atom. The lowest BCUT2D eigenvalue weighted by Crippen LogP contribution is -2.60. The van der Waals surface area contributed by atoms with Crippen molar-refractivity contribution in [2.45, 2.75) is 346 Å². The number of unbranched alkanes of at least 4 members (excludes halogenated alkanes) is 40. The summed E-state index contributed by atoms with van der Waals surface area (Å²) in [5.41, 5.74) is 0. The number of ether oxygens (including phenoxy) is 2. The Hall–Kier alpha value is -1.07. The molecule has 9 nitrogen and oxygen atoms in total. The number of rotatable bonds is 52. The maximum absolute atomic E-state index is 13.1. The molecule has 0 saturated carbocycles. The summed E-state index contributed by atoms with van der Waals surface area (Å²) in [7, 11) is 0. The second kappa shape index (κ2) is 49.5. The van der Waals surface area contributed by atoms with E-state index < -0.39 is 49.5 Å². The number of aliphatic hydroxyl groups is 5. The Morgan fingerprint density at radius 2 is 0.824 bits per heavy atom. The van der Waals surface area contributed by atoms with Gasteiger partial charge in [0.15, 0.2) is 6.29 Å². The van der Waals surface area contributed by atoms with Crippen LogP contribution in [0.25, 0.3) is 0 Å². The van der Waals surface area contributed by atoms with Gasteiger partial charge in [0.25, 0.3) is 0 Å². The van der Waals surface area contributed by atoms with E-state index >= 15 is 0 Å². The maximum Gasteiger partial charge on any atom is 0.220 e. The van der Waals surface area contributed by atoms with Gasteiger partial charge in [-0.25, -0.2) is 0 Å². The molecular weight excluding hydrogens is 851 g/mol. The molecule has 7 atom stereocenters. The van der Waals surface area contributed by atoms with Gasteiger partial charge in [-0.05, 0) is 38.5 Å². The molecule has 0 aromatic carbocycles. The lowest BCUT2D eigenvalue weighted by molar-refractivity contribution is -0.302. The first kappa shape index (κ1) is 64.9. The smallest absolute Gasteiger partial charge is 0.220 e. The van der Waals surface area contributed by atoms with E-state index in [1.54, 1.807) is 0 Å². The van der Waals surface area contributed by atoms with Crippen LogP contribution in [0.15, 0.2) is 12.2 Å². The first-order valence-corrected chi connectivity index (χ1v) is 29.9. The Kier molecular flexibility index (Phi) is 47.3. The summed E-state index contributed by atoms with van der Waals surface area (Å²) >= 11 is 0. The Bertz CT molecular complexity index is 1080. The first-order valence-electron chi connectivity index (χ1n) is 29.9. The molecule has 0 radical (unpaired) electrons. The van der Waals surface area contributed by atoms with Crippen LogP contribution in [0.2, 0.25) is 0 Å². The predicted octanol–water partition coefficient (Wildman–Crippen LogP) is 14.8. The second-order valence-corrected chi connectivity index (χ2v) is 21.1. The van der Waals surface area contributed by atoms with Crippen molar-refractivity contribution in [3.63, 3.8) is 0 Å². The molecule has 9 heteroatoms. The monoisotopic (exact) mass is 966 g/mol. The minimum Gasteiger partial charge on any atom is -0.394 e. The number of carbonyl (C=O) groups excluding carboxylic acids is 1. The van der Waals surface area contributed by atoms with Crippen LogP contribution in [0.5, 0.6) is 0 Å². The van der Waals surface area contributed by atoms with Crippen molar-refractivity contribution in [3.8, 4) is 0 Å². The molecule has 7 unspecified atom stereocenters. The molecule has 404 valence electrons. The quantitative estimate of drug-likeness (QED) is 0.0261. The molecular formula is C59H115NO8. The summed E-state index contributed by atoms with van der Waals surface area (Å²) in [6, 6.07) is -0.716. The van der Waals surface area contributed by atoms with Crippen LogP contribution in [0.3, 0.4) is 0 Å². The lowest BCUT2D eigenvalue weighted by atomic mass is 9.99. The third-order valence-electron chi connectivity index (χ3n) is 14.6. The van der Waals surface area contributed by atoms with E-state index in [1.165, 1.54) is 238 Å². The van der Waals surface area contributed by atoms with Crippen molar-refractivity contribution in [2.24, 2.45) is 0 Å². The van der Waals surface area contributed by atoms with Crippen LogP contribution in [0, 0.1) is 0 Å². The van der Waals surface area contributed by atoms with Crippen molar-refractivity contribution in [1.29, 1.82) is 0 Å². The molecule has 0 spiro atoms. The van der Waals surface area contributed by atoms with Gasteiger partial charge in [0.1, 0.15) is 24.4 Å². The summed E-state index contributed by atoms with van der Waals surface area (Å²) in [5.74, 6) is -0.138. The molecule has 1 rings (SSSR count). The standard InChI is InChI=1S/C59H115NO8/c1-3-5-7-9-11-13-15-17-19-21-23-24-25-26-27-28-29-30-31-33-35-37-39-41-43-45-47-49-55(63)60-52(51-67-59-58(66)57(65)56(64)54(50-61)68-59)53(62)48-46-44-42-40-38-36-34-32-22-20-18-16-14-12-10-8-6-4-2/h21,23,52-54,56-59,61-62,64-66H,3-20,22,24-51H2,1-2H3,(H,60,63)/b23-21-. The van der Waals surface area contributed by atoms with E-state index in [1.807, 2.05) is 0 Å². The SMILES string of the molecule is CCCCCCCCCC/C=C\CCCCCCCCCCCCCCCCCC(=O)NC(COC1OC(CO)C(O)C(O)C1O)C(O)CCCCCCCCCCCCCCCCCCCC. The molecule has 1 saturated heterocycles. The molecule has 68 heavy (non-hydrogen) atoms. The highest BCUT2D eigenvalue weighted by Crippen LogP contribution is 2.23. The van der Waals surface area contributed by atoms with E-state index in [4.69, 9.17) is 9.47 Å². The molecule has 0 aromatic heterocycles. The number of amides is 1. The fourth-order valence-electron chi connectivity index (χ4n) is 9.87. The number of aliphatic hydroxyl groups excluding tert-OH is 5. The van der Waals surface area contributed by atoms with Gasteiger partial charge in [0.05, 0.1) is 25.4 Å². The molecule has 0 aromatic rings. The van der Waals surface area contributed by atoms with Crippen molar-refractivity contribution in [3.05, 3.63) is 12.2 Å². The molecule has 1 fully saturated rings. The normalized spacial score (nSPS) is 19.5. The van der Waals surface area contributed by atoms with Gasteiger partial charge in [0.2, 0.25) is 5.91 Å². The van der Waals surface area contributed by atoms with Gasteiger partial charge in [-0.1, -0.05) is 270 Å². The van der Waals surface area contributed by atoms with Gasteiger partial charge in [-0.3, -0.25) is 4.79 Å². The third kappa shape index (κ3) is 38.6. The summed E-state index contributed by atoms with van der Waals surface area (Å²) in [4.78, 5) is 13.1. The number of hydrogen-bond acceptors (Lipinski definition) is 8. The Labute approximate surface area is 420 Å². The van der Waals surface area contributed by atoms with Gasteiger partial charge in [-0.2, -0.15) is 0 Å². The van der Waals surface area contributed by atoms with E-state index in [-0.39, 0.29) is 12.5 Å². The second-order valence-electron chi connectivity index (χ2n) is 21.1. The fourth-order valence-corrected chi connectivity index (χ4v) is 9.87. The van der Waals surface area contributed by atoms with Crippen LogP contribution >= 0.6 is 0 Å². The molecule has 1 aliphatic heterocycles. The zero-order chi connectivity index (χ0) is 49.4.